The van der Waals surface area contributed by atoms with Crippen molar-refractivity contribution in [2.45, 2.75) is 39.8 Å². The van der Waals surface area contributed by atoms with Crippen LogP contribution in [0.4, 0.5) is 4.79 Å². The summed E-state index contributed by atoms with van der Waals surface area (Å²) in [5.41, 5.74) is 4.50. The first-order chi connectivity index (χ1) is 19.0. The van der Waals surface area contributed by atoms with Crippen LogP contribution in [0.5, 0.6) is 17.2 Å². The highest BCUT2D eigenvalue weighted by Crippen LogP contribution is 2.34. The van der Waals surface area contributed by atoms with Gasteiger partial charge < -0.3 is 29.6 Å². The molecule has 0 aromatic heterocycles. The maximum atomic E-state index is 12.6. The molecule has 1 aliphatic rings. The van der Waals surface area contributed by atoms with Crippen molar-refractivity contribution in [1.82, 2.24) is 16.1 Å². The summed E-state index contributed by atoms with van der Waals surface area (Å²) in [5.74, 6) is 0.416. The first-order valence-corrected chi connectivity index (χ1v) is 14.4. The molecule has 0 bridgehead atoms. The summed E-state index contributed by atoms with van der Waals surface area (Å²) >= 11 is 4.41. The molecule has 0 fully saturated rings. The molecule has 0 saturated heterocycles. The van der Waals surface area contributed by atoms with E-state index < -0.39 is 23.9 Å². The Morgan fingerprint density at radius 3 is 2.48 bits per heavy atom. The van der Waals surface area contributed by atoms with Gasteiger partial charge >= 0.3 is 12.0 Å². The molecule has 3 rings (SSSR count). The fraction of sp³-hybridized carbons (Fsp3) is 0.333. The van der Waals surface area contributed by atoms with Crippen LogP contribution in [0, 0.1) is 7.14 Å². The lowest BCUT2D eigenvalue weighted by Crippen LogP contribution is -2.45. The molecule has 0 spiro atoms. The van der Waals surface area contributed by atoms with Gasteiger partial charge in [0.25, 0.3) is 5.91 Å². The number of nitrogens with zero attached hydrogens (tertiary/aromatic N) is 1. The van der Waals surface area contributed by atoms with E-state index in [1.165, 1.54) is 7.11 Å². The van der Waals surface area contributed by atoms with Gasteiger partial charge in [0.2, 0.25) is 0 Å². The van der Waals surface area contributed by atoms with E-state index in [1.807, 2.05) is 26.0 Å². The normalized spacial score (nSPS) is 15.0. The molecule has 3 N–H and O–H groups in total. The zero-order valence-corrected chi connectivity index (χ0v) is 26.9. The number of carbonyl (C=O) groups excluding carboxylic acids is 3. The number of hydrogen-bond donors (Lipinski definition) is 3. The van der Waals surface area contributed by atoms with Crippen molar-refractivity contribution in [2.24, 2.45) is 5.10 Å². The second-order valence-corrected chi connectivity index (χ2v) is 11.1. The Hall–Kier alpha value is -3.08. The maximum Gasteiger partial charge on any atom is 0.338 e. The average molecular weight is 776 g/mol. The summed E-state index contributed by atoms with van der Waals surface area (Å²) in [5, 5.41) is 9.35. The van der Waals surface area contributed by atoms with Gasteiger partial charge in [0.1, 0.15) is 5.75 Å². The number of esters is 1. The number of hydrazone groups is 1. The van der Waals surface area contributed by atoms with E-state index in [9.17, 15) is 14.4 Å². The van der Waals surface area contributed by atoms with Crippen LogP contribution in [-0.2, 0) is 14.3 Å². The minimum Gasteiger partial charge on any atom is -0.493 e. The van der Waals surface area contributed by atoms with Gasteiger partial charge in [0, 0.05) is 5.70 Å². The van der Waals surface area contributed by atoms with Crippen LogP contribution < -0.4 is 30.3 Å². The number of hydrogen-bond acceptors (Lipinski definition) is 8. The lowest BCUT2D eigenvalue weighted by molar-refractivity contribution is -0.139. The molecule has 0 radical (unpaired) electrons. The third kappa shape index (κ3) is 8.22. The van der Waals surface area contributed by atoms with Crippen molar-refractivity contribution in [2.75, 3.05) is 20.3 Å². The lowest BCUT2D eigenvalue weighted by atomic mass is 9.95. The molecule has 2 aromatic carbocycles. The second kappa shape index (κ2) is 14.5. The van der Waals surface area contributed by atoms with Crippen LogP contribution in [0.1, 0.15) is 44.9 Å². The fourth-order valence-corrected chi connectivity index (χ4v) is 5.83. The predicted molar refractivity (Wildman–Crippen MR) is 166 cm³/mol. The van der Waals surface area contributed by atoms with Crippen molar-refractivity contribution in [1.29, 1.82) is 0 Å². The molecule has 3 amide bonds. The van der Waals surface area contributed by atoms with Crippen LogP contribution in [-0.4, -0.2) is 50.5 Å². The third-order valence-corrected chi connectivity index (χ3v) is 7.02. The monoisotopic (exact) mass is 776 g/mol. The van der Waals surface area contributed by atoms with E-state index in [-0.39, 0.29) is 24.9 Å². The Morgan fingerprint density at radius 1 is 1.15 bits per heavy atom. The number of rotatable bonds is 11. The highest BCUT2D eigenvalue weighted by atomic mass is 127. The number of allylic oxidation sites excluding steroid dienone is 1. The first kappa shape index (κ1) is 31.4. The smallest absolute Gasteiger partial charge is 0.338 e. The Kier molecular flexibility index (Phi) is 11.4. The Balaban J connectivity index is 1.66. The van der Waals surface area contributed by atoms with Crippen molar-refractivity contribution < 1.29 is 33.3 Å². The van der Waals surface area contributed by atoms with Crippen molar-refractivity contribution >= 4 is 69.3 Å². The number of nitrogens with one attached hydrogen (secondary N) is 3. The van der Waals surface area contributed by atoms with Gasteiger partial charge in [-0.3, -0.25) is 4.79 Å². The van der Waals surface area contributed by atoms with Crippen LogP contribution in [0.25, 0.3) is 0 Å². The molecule has 2 aromatic rings. The second-order valence-electron chi connectivity index (χ2n) is 8.76. The van der Waals surface area contributed by atoms with E-state index in [2.05, 4.69) is 66.3 Å². The molecule has 40 heavy (non-hydrogen) atoms. The van der Waals surface area contributed by atoms with Crippen molar-refractivity contribution in [3.63, 3.8) is 0 Å². The minimum absolute atomic E-state index is 0.0594. The summed E-state index contributed by atoms with van der Waals surface area (Å²) < 4.78 is 24.0. The molecule has 0 aliphatic carbocycles. The molecule has 11 nitrogen and oxygen atoms in total. The number of benzene rings is 2. The fourth-order valence-electron chi connectivity index (χ4n) is 3.76. The highest BCUT2D eigenvalue weighted by Gasteiger charge is 2.32. The van der Waals surface area contributed by atoms with Crippen LogP contribution in [0.2, 0.25) is 0 Å². The van der Waals surface area contributed by atoms with Gasteiger partial charge in [0.05, 0.1) is 44.8 Å². The molecule has 0 unspecified atom stereocenters. The zero-order chi connectivity index (χ0) is 29.4. The molecule has 214 valence electrons. The largest absolute Gasteiger partial charge is 0.493 e. The van der Waals surface area contributed by atoms with E-state index in [4.69, 9.17) is 18.9 Å². The Morgan fingerprint density at radius 2 is 1.85 bits per heavy atom. The third-order valence-electron chi connectivity index (χ3n) is 5.42. The number of urea groups is 1. The summed E-state index contributed by atoms with van der Waals surface area (Å²) in [4.78, 5) is 37.0. The van der Waals surface area contributed by atoms with Crippen molar-refractivity contribution in [3.05, 3.63) is 59.9 Å². The zero-order valence-electron chi connectivity index (χ0n) is 22.6. The van der Waals surface area contributed by atoms with E-state index in [0.717, 1.165) is 18.5 Å². The summed E-state index contributed by atoms with van der Waals surface area (Å²) in [6, 6.07) is 7.52. The number of methoxy groups -OCH3 is 1. The van der Waals surface area contributed by atoms with Crippen molar-refractivity contribution in [3.8, 4) is 17.2 Å². The molecular formula is C27H30I2N4O7. The summed E-state index contributed by atoms with van der Waals surface area (Å²) in [6.45, 7) is 7.15. The van der Waals surface area contributed by atoms with E-state index in [0.29, 0.717) is 22.8 Å². The number of ether oxygens (including phenoxy) is 4. The summed E-state index contributed by atoms with van der Waals surface area (Å²) in [7, 11) is 1.45. The minimum atomic E-state index is -0.759. The average Bonchev–Trinajstić information content (AvgIpc) is 2.89. The molecule has 1 atom stereocenters. The van der Waals surface area contributed by atoms with Gasteiger partial charge in [-0.05, 0) is 108 Å². The highest BCUT2D eigenvalue weighted by molar-refractivity contribution is 14.1. The topological polar surface area (TPSA) is 137 Å². The molecular weight excluding hydrogens is 746 g/mol. The molecule has 0 saturated carbocycles. The van der Waals surface area contributed by atoms with E-state index >= 15 is 0 Å². The number of carbonyl (C=O) groups is 3. The number of amides is 3. The molecule has 1 aliphatic heterocycles. The molecule has 13 heteroatoms. The van der Waals surface area contributed by atoms with Gasteiger partial charge in [-0.1, -0.05) is 6.07 Å². The number of halogens is 2. The van der Waals surface area contributed by atoms with Gasteiger partial charge in [-0.15, -0.1) is 0 Å². The first-order valence-electron chi connectivity index (χ1n) is 12.3. The lowest BCUT2D eigenvalue weighted by Gasteiger charge is -2.28. The SMILES string of the molecule is CCOC(=O)C1=C(C)NC(=O)N[C@@H]1c1ccc(OCC(=O)N/N=C\c2cc(I)c(OC(C)C)c(I)c2)c(OC)c1. The summed E-state index contributed by atoms with van der Waals surface area (Å²) in [6.07, 6.45) is 1.60. The Labute approximate surface area is 259 Å². The van der Waals surface area contributed by atoms with Crippen LogP contribution >= 0.6 is 45.2 Å². The van der Waals surface area contributed by atoms with Gasteiger partial charge in [-0.2, -0.15) is 5.10 Å². The van der Waals surface area contributed by atoms with Crippen LogP contribution in [0.3, 0.4) is 0 Å². The van der Waals surface area contributed by atoms with Crippen LogP contribution in [0.15, 0.2) is 46.7 Å². The molecule has 1 heterocycles. The maximum absolute atomic E-state index is 12.6. The van der Waals surface area contributed by atoms with Gasteiger partial charge in [-0.25, -0.2) is 15.0 Å². The quantitative estimate of drug-likeness (QED) is 0.133. The predicted octanol–water partition coefficient (Wildman–Crippen LogP) is 4.41. The van der Waals surface area contributed by atoms with Gasteiger partial charge in [0.15, 0.2) is 18.1 Å². The Bertz CT molecular complexity index is 1320. The standard InChI is InChI=1S/C27H30I2N4O7/c1-6-38-26(35)23-15(4)31-27(36)32-24(23)17-7-8-20(21(11-17)37-5)39-13-22(34)33-30-12-16-9-18(28)25(19(29)10-16)40-14(2)3/h7-12,14,24H,6,13H2,1-5H3,(H,33,34)(H2,31,32,36)/b30-12-/t24-/m1/s1. The van der Waals surface area contributed by atoms with E-state index in [1.54, 1.807) is 38.3 Å².